The predicted molar refractivity (Wildman–Crippen MR) is 99.7 cm³/mol. The van der Waals surface area contributed by atoms with Gasteiger partial charge >= 0.3 is 12.0 Å². The van der Waals surface area contributed by atoms with Crippen molar-refractivity contribution in [2.75, 3.05) is 7.05 Å². The topological polar surface area (TPSA) is 145 Å². The number of nitrogens with one attached hydrogen (secondary N) is 2. The largest absolute Gasteiger partial charge is 0.444 e. The van der Waals surface area contributed by atoms with Crippen LogP contribution in [0.2, 0.25) is 0 Å². The lowest BCUT2D eigenvalue weighted by Crippen LogP contribution is -2.41. The first-order valence-electron chi connectivity index (χ1n) is 8.05. The number of ether oxygens (including phenoxy) is 1. The van der Waals surface area contributed by atoms with Crippen molar-refractivity contribution in [2.45, 2.75) is 17.9 Å². The standard InChI is InChI=1S/C18H19N3O6S/c1-11-8-9-13(28(19,25)26)10-14(11)17(23)27-15(12-6-4-3-5-7-12)16(22)21-18(24)20-2/h3-10,15H,1-2H3,(H2,19,25,26)(H2,20,21,22,24). The van der Waals surface area contributed by atoms with Gasteiger partial charge in [-0.3, -0.25) is 10.1 Å². The molecule has 3 amide bonds. The number of hydrogen-bond acceptors (Lipinski definition) is 6. The second-order valence-electron chi connectivity index (χ2n) is 5.79. The SMILES string of the molecule is CNC(=O)NC(=O)C(OC(=O)c1cc(S(N)(=O)=O)ccc1C)c1ccccc1. The first-order chi connectivity index (χ1) is 13.1. The number of urea groups is 1. The quantitative estimate of drug-likeness (QED) is 0.633. The molecule has 0 aliphatic heterocycles. The van der Waals surface area contributed by atoms with Crippen molar-refractivity contribution in [3.8, 4) is 0 Å². The Morgan fingerprint density at radius 1 is 1.07 bits per heavy atom. The van der Waals surface area contributed by atoms with E-state index < -0.39 is 34.0 Å². The molecular weight excluding hydrogens is 386 g/mol. The molecule has 10 heteroatoms. The molecule has 0 aliphatic carbocycles. The molecule has 1 atom stereocenters. The fourth-order valence-corrected chi connectivity index (χ4v) is 2.85. The molecule has 0 aliphatic rings. The predicted octanol–water partition coefficient (Wildman–Crippen LogP) is 0.996. The molecule has 2 rings (SSSR count). The number of imide groups is 1. The van der Waals surface area contributed by atoms with Crippen LogP contribution < -0.4 is 15.8 Å². The molecular formula is C18H19N3O6S. The van der Waals surface area contributed by atoms with Crippen molar-refractivity contribution in [1.29, 1.82) is 0 Å². The fraction of sp³-hybridized carbons (Fsp3) is 0.167. The van der Waals surface area contributed by atoms with Gasteiger partial charge in [-0.25, -0.2) is 23.1 Å². The number of hydrogen-bond donors (Lipinski definition) is 3. The van der Waals surface area contributed by atoms with E-state index in [1.807, 2.05) is 0 Å². The van der Waals surface area contributed by atoms with Gasteiger partial charge in [0.2, 0.25) is 16.1 Å². The Hall–Kier alpha value is -3.24. The van der Waals surface area contributed by atoms with Gasteiger partial charge < -0.3 is 10.1 Å². The van der Waals surface area contributed by atoms with E-state index in [1.54, 1.807) is 37.3 Å². The molecule has 0 saturated heterocycles. The van der Waals surface area contributed by atoms with Gasteiger partial charge in [-0.05, 0) is 24.6 Å². The molecule has 0 aromatic heterocycles. The van der Waals surface area contributed by atoms with E-state index in [4.69, 9.17) is 9.88 Å². The van der Waals surface area contributed by atoms with Crippen LogP contribution in [0.4, 0.5) is 4.79 Å². The van der Waals surface area contributed by atoms with E-state index in [0.29, 0.717) is 11.1 Å². The molecule has 148 valence electrons. The molecule has 0 fully saturated rings. The number of rotatable bonds is 5. The number of carbonyl (C=O) groups is 3. The van der Waals surface area contributed by atoms with Gasteiger partial charge in [-0.15, -0.1) is 0 Å². The smallest absolute Gasteiger partial charge is 0.339 e. The number of amides is 3. The third-order valence-corrected chi connectivity index (χ3v) is 4.70. The zero-order valence-corrected chi connectivity index (χ0v) is 15.9. The van der Waals surface area contributed by atoms with E-state index in [-0.39, 0.29) is 10.5 Å². The summed E-state index contributed by atoms with van der Waals surface area (Å²) in [5.74, 6) is -1.80. The monoisotopic (exact) mass is 405 g/mol. The highest BCUT2D eigenvalue weighted by Crippen LogP contribution is 2.22. The Labute approximate surface area is 161 Å². The van der Waals surface area contributed by atoms with Crippen LogP contribution in [0.5, 0.6) is 0 Å². The number of primary sulfonamides is 1. The van der Waals surface area contributed by atoms with E-state index in [0.717, 1.165) is 6.07 Å². The van der Waals surface area contributed by atoms with Crippen molar-refractivity contribution in [3.05, 3.63) is 65.2 Å². The van der Waals surface area contributed by atoms with Crippen molar-refractivity contribution in [3.63, 3.8) is 0 Å². The maximum absolute atomic E-state index is 12.6. The summed E-state index contributed by atoms with van der Waals surface area (Å²) in [6, 6.07) is 11.0. The van der Waals surface area contributed by atoms with Crippen molar-refractivity contribution < 1.29 is 27.5 Å². The third kappa shape index (κ3) is 5.15. The summed E-state index contributed by atoms with van der Waals surface area (Å²) in [5, 5.41) is 9.38. The molecule has 0 saturated carbocycles. The molecule has 1 unspecified atom stereocenters. The lowest BCUT2D eigenvalue weighted by Gasteiger charge is -2.18. The summed E-state index contributed by atoms with van der Waals surface area (Å²) in [6.07, 6.45) is -1.43. The van der Waals surface area contributed by atoms with E-state index in [9.17, 15) is 22.8 Å². The van der Waals surface area contributed by atoms with Crippen LogP contribution in [0, 0.1) is 6.92 Å². The average molecular weight is 405 g/mol. The normalized spacial score (nSPS) is 12.0. The van der Waals surface area contributed by atoms with Crippen LogP contribution in [0.1, 0.15) is 27.6 Å². The molecule has 0 heterocycles. The van der Waals surface area contributed by atoms with Crippen LogP contribution in [-0.2, 0) is 19.6 Å². The number of benzene rings is 2. The highest BCUT2D eigenvalue weighted by Gasteiger charge is 2.28. The number of aryl methyl sites for hydroxylation is 1. The summed E-state index contributed by atoms with van der Waals surface area (Å²) in [4.78, 5) is 36.3. The van der Waals surface area contributed by atoms with Gasteiger partial charge in [0.15, 0.2) is 0 Å². The number of sulfonamides is 1. The van der Waals surface area contributed by atoms with Crippen molar-refractivity contribution >= 4 is 27.9 Å². The Morgan fingerprint density at radius 3 is 2.29 bits per heavy atom. The minimum absolute atomic E-state index is 0.0693. The van der Waals surface area contributed by atoms with Crippen LogP contribution in [-0.4, -0.2) is 33.4 Å². The first kappa shape index (κ1) is 21.1. The molecule has 9 nitrogen and oxygen atoms in total. The van der Waals surface area contributed by atoms with Gasteiger partial charge in [0, 0.05) is 12.6 Å². The Morgan fingerprint density at radius 2 is 1.71 bits per heavy atom. The minimum atomic E-state index is -4.03. The summed E-state index contributed by atoms with van der Waals surface area (Å²) in [6.45, 7) is 1.58. The van der Waals surface area contributed by atoms with Gasteiger partial charge in [-0.2, -0.15) is 0 Å². The Balaban J connectivity index is 2.38. The molecule has 0 radical (unpaired) electrons. The Bertz CT molecular complexity index is 1010. The van der Waals surface area contributed by atoms with Gasteiger partial charge in [0.1, 0.15) is 0 Å². The lowest BCUT2D eigenvalue weighted by molar-refractivity contribution is -0.129. The third-order valence-electron chi connectivity index (χ3n) is 3.79. The molecule has 0 bridgehead atoms. The summed E-state index contributed by atoms with van der Waals surface area (Å²) >= 11 is 0. The summed E-state index contributed by atoms with van der Waals surface area (Å²) in [7, 11) is -2.70. The zero-order chi connectivity index (χ0) is 20.9. The maximum Gasteiger partial charge on any atom is 0.339 e. The first-order valence-corrected chi connectivity index (χ1v) is 9.60. The number of esters is 1. The highest BCUT2D eigenvalue weighted by atomic mass is 32.2. The van der Waals surface area contributed by atoms with Crippen LogP contribution in [0.25, 0.3) is 0 Å². The molecule has 4 N–H and O–H groups in total. The maximum atomic E-state index is 12.6. The van der Waals surface area contributed by atoms with Crippen LogP contribution in [0.3, 0.4) is 0 Å². The second kappa shape index (κ2) is 8.63. The summed E-state index contributed by atoms with van der Waals surface area (Å²) < 4.78 is 28.4. The van der Waals surface area contributed by atoms with E-state index in [2.05, 4.69) is 10.6 Å². The Kier molecular flexibility index (Phi) is 6.49. The average Bonchev–Trinajstić information content (AvgIpc) is 2.65. The highest BCUT2D eigenvalue weighted by molar-refractivity contribution is 7.89. The molecule has 2 aromatic carbocycles. The van der Waals surface area contributed by atoms with Crippen LogP contribution in [0.15, 0.2) is 53.4 Å². The lowest BCUT2D eigenvalue weighted by atomic mass is 10.1. The van der Waals surface area contributed by atoms with E-state index in [1.165, 1.54) is 19.2 Å². The number of nitrogens with two attached hydrogens (primary N) is 1. The van der Waals surface area contributed by atoms with Crippen molar-refractivity contribution in [2.24, 2.45) is 5.14 Å². The fourth-order valence-electron chi connectivity index (χ4n) is 2.31. The van der Waals surface area contributed by atoms with E-state index >= 15 is 0 Å². The van der Waals surface area contributed by atoms with Crippen LogP contribution >= 0.6 is 0 Å². The van der Waals surface area contributed by atoms with Gasteiger partial charge in [0.25, 0.3) is 5.91 Å². The molecule has 28 heavy (non-hydrogen) atoms. The minimum Gasteiger partial charge on any atom is -0.444 e. The molecule has 0 spiro atoms. The number of carbonyl (C=O) groups excluding carboxylic acids is 3. The summed E-state index contributed by atoms with van der Waals surface area (Å²) in [5.41, 5.74) is 0.689. The zero-order valence-electron chi connectivity index (χ0n) is 15.1. The molecule has 2 aromatic rings. The van der Waals surface area contributed by atoms with Gasteiger partial charge in [-0.1, -0.05) is 36.4 Å². The van der Waals surface area contributed by atoms with Crippen molar-refractivity contribution in [1.82, 2.24) is 10.6 Å². The second-order valence-corrected chi connectivity index (χ2v) is 7.35. The van der Waals surface area contributed by atoms with Gasteiger partial charge in [0.05, 0.1) is 10.5 Å².